The van der Waals surface area contributed by atoms with Crippen LogP contribution in [0.1, 0.15) is 27.8 Å². The Balaban J connectivity index is 0.000000432. The predicted octanol–water partition coefficient (Wildman–Crippen LogP) is 2.57. The van der Waals surface area contributed by atoms with Gasteiger partial charge in [-0.05, 0) is 52.1 Å². The molecule has 2 heterocycles. The smallest absolute Gasteiger partial charge is 1.00 e. The van der Waals surface area contributed by atoms with Crippen LogP contribution in [0.2, 0.25) is 0 Å². The Kier molecular flexibility index (Phi) is 14.3. The third kappa shape index (κ3) is 7.75. The number of halogens is 3. The monoisotopic (exact) mass is 490 g/mol. The summed E-state index contributed by atoms with van der Waals surface area (Å²) >= 11 is 9.35. The van der Waals surface area contributed by atoms with Crippen molar-refractivity contribution in [2.24, 2.45) is 0 Å². The Labute approximate surface area is 205 Å². The van der Waals surface area contributed by atoms with E-state index in [1.807, 2.05) is 12.1 Å². The summed E-state index contributed by atoms with van der Waals surface area (Å²) in [6.07, 6.45) is 4.46. The van der Waals surface area contributed by atoms with Crippen LogP contribution in [0.25, 0.3) is 0 Å². The van der Waals surface area contributed by atoms with E-state index in [2.05, 4.69) is 71.7 Å². The van der Waals surface area contributed by atoms with Gasteiger partial charge in [0, 0.05) is 30.7 Å². The van der Waals surface area contributed by atoms with E-state index in [9.17, 15) is 0 Å². The summed E-state index contributed by atoms with van der Waals surface area (Å²) in [4.78, 5) is 0. The van der Waals surface area contributed by atoms with E-state index >= 15 is 0 Å². The van der Waals surface area contributed by atoms with Crippen LogP contribution in [0.15, 0.2) is 66.2 Å². The number of benzene rings is 2. The number of hydrogen-bond donors (Lipinski definition) is 1. The van der Waals surface area contributed by atoms with Gasteiger partial charge in [-0.3, -0.25) is 0 Å². The molecular weight excluding hydrogens is 467 g/mol. The summed E-state index contributed by atoms with van der Waals surface area (Å²) in [5.41, 5.74) is 7.01. The molecule has 2 aliphatic heterocycles. The van der Waals surface area contributed by atoms with Crippen molar-refractivity contribution in [3.8, 4) is 0 Å². The number of fused-ring (bicyclic) bond motifs is 2. The van der Waals surface area contributed by atoms with Crippen LogP contribution in [0.3, 0.4) is 0 Å². The second kappa shape index (κ2) is 14.5. The summed E-state index contributed by atoms with van der Waals surface area (Å²) in [6.45, 7) is 14.0. The molecular formula is C22H25BrCl2MgN2. The first-order chi connectivity index (χ1) is 12.6. The van der Waals surface area contributed by atoms with Crippen LogP contribution in [0.5, 0.6) is 0 Å². The van der Waals surface area contributed by atoms with Gasteiger partial charge in [0.15, 0.2) is 0 Å². The van der Waals surface area contributed by atoms with Crippen molar-refractivity contribution in [3.63, 3.8) is 0 Å². The van der Waals surface area contributed by atoms with Crippen LogP contribution < -0.4 is 17.7 Å². The minimum Gasteiger partial charge on any atom is -1.00 e. The van der Waals surface area contributed by atoms with Crippen molar-refractivity contribution in [1.82, 2.24) is 9.74 Å². The number of allylic oxidation sites excluding steroid dienone is 2. The van der Waals surface area contributed by atoms with E-state index in [1.54, 1.807) is 4.42 Å². The van der Waals surface area contributed by atoms with Crippen LogP contribution in [0, 0.1) is 6.92 Å². The number of nitrogens with zero attached hydrogens (tertiary/aromatic N) is 1. The normalized spacial score (nSPS) is 13.2. The molecule has 6 heteroatoms. The van der Waals surface area contributed by atoms with Crippen molar-refractivity contribution >= 4 is 50.8 Å². The fourth-order valence-corrected chi connectivity index (χ4v) is 3.87. The Hall–Kier alpha value is -0.464. The van der Waals surface area contributed by atoms with Gasteiger partial charge < -0.3 is 17.7 Å². The molecule has 4 rings (SSSR count). The van der Waals surface area contributed by atoms with Gasteiger partial charge >= 0.3 is 23.1 Å². The van der Waals surface area contributed by atoms with E-state index in [0.717, 1.165) is 37.1 Å². The molecule has 0 saturated carbocycles. The first-order valence-electron chi connectivity index (χ1n) is 8.59. The van der Waals surface area contributed by atoms with Gasteiger partial charge in [0.05, 0.1) is 0 Å². The van der Waals surface area contributed by atoms with Crippen LogP contribution in [0.4, 0.5) is 0 Å². The number of hydrogen-bond acceptors (Lipinski definition) is 2. The molecule has 2 aliphatic rings. The molecule has 1 N–H and O–H groups in total. The topological polar surface area (TPSA) is 15.3 Å². The summed E-state index contributed by atoms with van der Waals surface area (Å²) in [7, 11) is 0. The maximum atomic E-state index is 5.86. The maximum Gasteiger partial charge on any atom is 2.00 e. The molecule has 2 nitrogen and oxygen atoms in total. The Morgan fingerprint density at radius 2 is 1.71 bits per heavy atom. The molecule has 146 valence electrons. The first kappa shape index (κ1) is 27.5. The van der Waals surface area contributed by atoms with Gasteiger partial charge in [-0.1, -0.05) is 52.3 Å². The Morgan fingerprint density at radius 1 is 1.07 bits per heavy atom. The molecule has 0 radical (unpaired) electrons. The van der Waals surface area contributed by atoms with E-state index in [0.29, 0.717) is 0 Å². The zero-order valence-corrected chi connectivity index (χ0v) is 20.6. The first-order valence-corrected chi connectivity index (χ1v) is 9.72. The van der Waals surface area contributed by atoms with E-state index in [4.69, 9.17) is 11.8 Å². The minimum absolute atomic E-state index is 0. The van der Waals surface area contributed by atoms with Gasteiger partial charge in [0.2, 0.25) is 0 Å². The molecule has 0 amide bonds. The summed E-state index contributed by atoms with van der Waals surface area (Å²) in [5.74, 6) is 0. The summed E-state index contributed by atoms with van der Waals surface area (Å²) < 4.78 is 2.95. The molecule has 2 aromatic carbocycles. The second-order valence-corrected chi connectivity index (χ2v) is 7.43. The van der Waals surface area contributed by atoms with Crippen molar-refractivity contribution in [3.05, 3.63) is 101 Å². The van der Waals surface area contributed by atoms with Gasteiger partial charge in [-0.2, -0.15) is 0 Å². The van der Waals surface area contributed by atoms with Crippen molar-refractivity contribution < 1.29 is 12.4 Å². The average molecular weight is 493 g/mol. The van der Waals surface area contributed by atoms with Gasteiger partial charge in [-0.15, -0.1) is 6.58 Å². The van der Waals surface area contributed by atoms with Crippen LogP contribution >= 0.6 is 27.7 Å². The predicted molar refractivity (Wildman–Crippen MR) is 121 cm³/mol. The van der Waals surface area contributed by atoms with Gasteiger partial charge in [-0.25, -0.2) is 24.0 Å². The molecule has 0 atom stereocenters. The average Bonchev–Trinajstić information content (AvgIpc) is 3.23. The zero-order chi connectivity index (χ0) is 18.9. The van der Waals surface area contributed by atoms with Gasteiger partial charge in [0.1, 0.15) is 0 Å². The molecule has 0 bridgehead atoms. The third-order valence-electron chi connectivity index (χ3n) is 4.24. The SMILES string of the molecule is C=CCc1cccc2c1CNC2.C=C[CH2-].ClN1Cc2cccc(Br)c2C1.[Cl-].[Mg+2]. The van der Waals surface area contributed by atoms with E-state index < -0.39 is 0 Å². The largest absolute Gasteiger partial charge is 2.00 e. The second-order valence-electron chi connectivity index (χ2n) is 6.10. The molecule has 0 unspecified atom stereocenters. The molecule has 2 aromatic rings. The zero-order valence-electron chi connectivity index (χ0n) is 16.1. The summed E-state index contributed by atoms with van der Waals surface area (Å²) in [5, 5.41) is 3.35. The van der Waals surface area contributed by atoms with Crippen LogP contribution in [-0.2, 0) is 32.6 Å². The molecule has 0 aliphatic carbocycles. The van der Waals surface area contributed by atoms with E-state index in [1.165, 1.54) is 33.9 Å². The van der Waals surface area contributed by atoms with Gasteiger partial charge in [0.25, 0.3) is 0 Å². The molecule has 0 fully saturated rings. The van der Waals surface area contributed by atoms with Crippen LogP contribution in [-0.4, -0.2) is 27.5 Å². The molecule has 0 spiro atoms. The molecule has 0 aromatic heterocycles. The third-order valence-corrected chi connectivity index (χ3v) is 5.22. The minimum atomic E-state index is 0. The fourth-order valence-electron chi connectivity index (χ4n) is 3.09. The number of nitrogens with one attached hydrogen (secondary N) is 1. The van der Waals surface area contributed by atoms with Crippen molar-refractivity contribution in [2.45, 2.75) is 32.6 Å². The quantitative estimate of drug-likeness (QED) is 0.300. The van der Waals surface area contributed by atoms with Crippen molar-refractivity contribution in [1.29, 1.82) is 0 Å². The Morgan fingerprint density at radius 3 is 2.36 bits per heavy atom. The van der Waals surface area contributed by atoms with Crippen molar-refractivity contribution in [2.75, 3.05) is 0 Å². The number of rotatable bonds is 2. The molecule has 28 heavy (non-hydrogen) atoms. The summed E-state index contributed by atoms with van der Waals surface area (Å²) in [6, 6.07) is 12.7. The maximum absolute atomic E-state index is 5.86. The van der Waals surface area contributed by atoms with E-state index in [-0.39, 0.29) is 35.5 Å². The fraction of sp³-hybridized carbons (Fsp3) is 0.227. The molecule has 0 saturated heterocycles. The standard InChI is InChI=1S/C11H13N.C8H7BrClN.C3H5.ClH.Mg/c1-2-4-9-5-3-6-10-7-12-8-11(9)10;9-8-3-1-2-6-4-11(10)5-7(6)8;1-3-2;;/h2-3,5-6,12H,1,4,7-8H2;1-3H,4-5H2;3H,1-2H2;1H;/q;;-1;;+2/p-1. The Bertz CT molecular complexity index is 768.